The second-order valence-electron chi connectivity index (χ2n) is 13.5. The Morgan fingerprint density at radius 2 is 0.800 bits per heavy atom. The van der Waals surface area contributed by atoms with Crippen LogP contribution in [0.1, 0.15) is 0 Å². The van der Waals surface area contributed by atoms with Crippen LogP contribution in [0.5, 0.6) is 0 Å². The molecule has 0 aliphatic heterocycles. The third-order valence-electron chi connectivity index (χ3n) is 10.0. The Morgan fingerprint density at radius 3 is 1.36 bits per heavy atom. The molecule has 0 amide bonds. The Balaban J connectivity index is 1.31. The highest BCUT2D eigenvalue weighted by atomic mass is 15.1. The molecule has 0 atom stereocenters. The van der Waals surface area contributed by atoms with E-state index in [1.807, 2.05) is 60.7 Å². The molecule has 0 saturated carbocycles. The highest BCUT2D eigenvalue weighted by Gasteiger charge is 2.23. The van der Waals surface area contributed by atoms with Crippen LogP contribution in [-0.2, 0) is 0 Å². The molecule has 0 aliphatic carbocycles. The van der Waals surface area contributed by atoms with E-state index in [1.165, 1.54) is 0 Å². The fraction of sp³-hybridized carbons (Fsp3) is 0. The molecule has 0 fully saturated rings. The minimum Gasteiger partial charge on any atom is -0.310 e. The van der Waals surface area contributed by atoms with Crippen molar-refractivity contribution in [3.05, 3.63) is 200 Å². The first-order valence-corrected chi connectivity index (χ1v) is 18.4. The first kappa shape index (κ1) is 32.2. The van der Waals surface area contributed by atoms with Crippen LogP contribution in [0.25, 0.3) is 77.9 Å². The number of fused-ring (bicyclic) bond motifs is 5. The summed E-state index contributed by atoms with van der Waals surface area (Å²) < 4.78 is 0. The largest absolute Gasteiger partial charge is 0.310 e. The number of para-hydroxylation sites is 2. The molecule has 0 bridgehead atoms. The smallest absolute Gasteiger partial charge is 0.164 e. The summed E-state index contributed by atoms with van der Waals surface area (Å²) >= 11 is 0. The molecular formula is C50H33N5. The van der Waals surface area contributed by atoms with Crippen molar-refractivity contribution in [2.24, 2.45) is 0 Å². The van der Waals surface area contributed by atoms with E-state index in [4.69, 9.17) is 19.9 Å². The van der Waals surface area contributed by atoms with Gasteiger partial charge in [0.1, 0.15) is 0 Å². The van der Waals surface area contributed by atoms with Gasteiger partial charge < -0.3 is 4.90 Å². The van der Waals surface area contributed by atoms with E-state index in [-0.39, 0.29) is 0 Å². The van der Waals surface area contributed by atoms with Gasteiger partial charge in [-0.05, 0) is 59.3 Å². The predicted octanol–water partition coefficient (Wildman–Crippen LogP) is 12.9. The lowest BCUT2D eigenvalue weighted by atomic mass is 9.92. The first-order chi connectivity index (χ1) is 27.3. The highest BCUT2D eigenvalue weighted by molar-refractivity contribution is 6.27. The monoisotopic (exact) mass is 703 g/mol. The SMILES string of the molecule is c1ccc(-c2nc(-c3ccccc3)nc(-c3ccc4nc(-c5ccccc5)c5c(N(c6ccccc6)c6ccccc6)cc6ccccc6c5c4c3)n2)cc1. The molecule has 0 spiro atoms. The molecule has 2 aromatic heterocycles. The molecular weight excluding hydrogens is 671 g/mol. The molecule has 8 aromatic carbocycles. The molecule has 55 heavy (non-hydrogen) atoms. The van der Waals surface area contributed by atoms with Crippen molar-refractivity contribution in [1.29, 1.82) is 0 Å². The Morgan fingerprint density at radius 1 is 0.327 bits per heavy atom. The van der Waals surface area contributed by atoms with Gasteiger partial charge in [-0.25, -0.2) is 19.9 Å². The lowest BCUT2D eigenvalue weighted by molar-refractivity contribution is 1.07. The van der Waals surface area contributed by atoms with Gasteiger partial charge >= 0.3 is 0 Å². The van der Waals surface area contributed by atoms with E-state index in [0.717, 1.165) is 77.5 Å². The summed E-state index contributed by atoms with van der Waals surface area (Å²) in [6.07, 6.45) is 0. The minimum absolute atomic E-state index is 0.602. The first-order valence-electron chi connectivity index (χ1n) is 18.4. The molecule has 0 unspecified atom stereocenters. The van der Waals surface area contributed by atoms with Crippen LogP contribution in [0.2, 0.25) is 0 Å². The van der Waals surface area contributed by atoms with E-state index < -0.39 is 0 Å². The lowest BCUT2D eigenvalue weighted by Gasteiger charge is -2.28. The molecule has 0 N–H and O–H groups in total. The lowest BCUT2D eigenvalue weighted by Crippen LogP contribution is -2.11. The van der Waals surface area contributed by atoms with Crippen LogP contribution >= 0.6 is 0 Å². The molecule has 10 rings (SSSR count). The van der Waals surface area contributed by atoms with Crippen molar-refractivity contribution < 1.29 is 0 Å². The number of aromatic nitrogens is 4. The van der Waals surface area contributed by atoms with Crippen LogP contribution in [0, 0.1) is 0 Å². The Hall–Kier alpha value is -7.50. The van der Waals surface area contributed by atoms with E-state index in [1.54, 1.807) is 0 Å². The van der Waals surface area contributed by atoms with Gasteiger partial charge in [0.05, 0.1) is 16.9 Å². The van der Waals surface area contributed by atoms with Crippen molar-refractivity contribution in [3.63, 3.8) is 0 Å². The summed E-state index contributed by atoms with van der Waals surface area (Å²) in [6, 6.07) is 69.2. The molecule has 0 aliphatic rings. The van der Waals surface area contributed by atoms with Crippen LogP contribution in [0.4, 0.5) is 17.1 Å². The van der Waals surface area contributed by atoms with Crippen molar-refractivity contribution in [2.45, 2.75) is 0 Å². The van der Waals surface area contributed by atoms with Crippen LogP contribution < -0.4 is 4.90 Å². The van der Waals surface area contributed by atoms with Gasteiger partial charge in [0, 0.05) is 49.8 Å². The molecule has 10 aromatic rings. The molecule has 258 valence electrons. The highest BCUT2D eigenvalue weighted by Crippen LogP contribution is 2.47. The van der Waals surface area contributed by atoms with Gasteiger partial charge in [0.25, 0.3) is 0 Å². The fourth-order valence-corrected chi connectivity index (χ4v) is 7.50. The van der Waals surface area contributed by atoms with Crippen molar-refractivity contribution >= 4 is 49.5 Å². The zero-order valence-corrected chi connectivity index (χ0v) is 29.8. The predicted molar refractivity (Wildman–Crippen MR) is 227 cm³/mol. The van der Waals surface area contributed by atoms with Gasteiger partial charge in [-0.15, -0.1) is 0 Å². The van der Waals surface area contributed by atoms with Crippen molar-refractivity contribution in [2.75, 3.05) is 4.90 Å². The minimum atomic E-state index is 0.602. The molecule has 5 nitrogen and oxygen atoms in total. The Kier molecular flexibility index (Phi) is 8.08. The third-order valence-corrected chi connectivity index (χ3v) is 10.0. The second kappa shape index (κ2) is 13.8. The standard InChI is InChI=1S/C50H33N5/c1-6-18-34(19-7-1)47-46-44(55(39-25-12-4-13-26-39)40-27-14-5-15-28-40)33-37-24-16-17-29-41(37)45(46)42-32-38(30-31-43(42)51-47)50-53-48(35-20-8-2-9-21-35)52-49(54-50)36-22-10-3-11-23-36/h1-33H. The summed E-state index contributed by atoms with van der Waals surface area (Å²) in [7, 11) is 0. The maximum Gasteiger partial charge on any atom is 0.164 e. The Bertz CT molecular complexity index is 2860. The number of hydrogen-bond acceptors (Lipinski definition) is 5. The molecule has 5 heteroatoms. The summed E-state index contributed by atoms with van der Waals surface area (Å²) in [5.41, 5.74) is 8.78. The average Bonchev–Trinajstić information content (AvgIpc) is 3.27. The van der Waals surface area contributed by atoms with Crippen LogP contribution in [-0.4, -0.2) is 19.9 Å². The van der Waals surface area contributed by atoms with Crippen molar-refractivity contribution in [1.82, 2.24) is 19.9 Å². The zero-order valence-electron chi connectivity index (χ0n) is 29.8. The van der Waals surface area contributed by atoms with Crippen molar-refractivity contribution in [3.8, 4) is 45.4 Å². The quantitative estimate of drug-likeness (QED) is 0.155. The number of pyridine rings is 1. The molecule has 2 heterocycles. The van der Waals surface area contributed by atoms with Crippen LogP contribution in [0.3, 0.4) is 0 Å². The van der Waals surface area contributed by atoms with E-state index in [2.05, 4.69) is 144 Å². The number of anilines is 3. The number of nitrogens with zero attached hydrogens (tertiary/aromatic N) is 5. The van der Waals surface area contributed by atoms with Gasteiger partial charge in [0.15, 0.2) is 17.5 Å². The maximum absolute atomic E-state index is 5.50. The number of benzene rings is 8. The summed E-state index contributed by atoms with van der Waals surface area (Å²) in [5.74, 6) is 1.85. The Labute approximate surface area is 318 Å². The average molecular weight is 704 g/mol. The maximum atomic E-state index is 5.50. The third kappa shape index (κ3) is 5.94. The molecule has 0 saturated heterocycles. The zero-order chi connectivity index (χ0) is 36.6. The van der Waals surface area contributed by atoms with Crippen LogP contribution in [0.15, 0.2) is 200 Å². The topological polar surface area (TPSA) is 54.8 Å². The van der Waals surface area contributed by atoms with Gasteiger partial charge in [-0.3, -0.25) is 0 Å². The summed E-state index contributed by atoms with van der Waals surface area (Å²) in [6.45, 7) is 0. The number of rotatable bonds is 7. The summed E-state index contributed by atoms with van der Waals surface area (Å²) in [5, 5.41) is 5.49. The molecule has 0 radical (unpaired) electrons. The van der Waals surface area contributed by atoms with Gasteiger partial charge in [-0.1, -0.05) is 152 Å². The van der Waals surface area contributed by atoms with E-state index in [9.17, 15) is 0 Å². The van der Waals surface area contributed by atoms with E-state index in [0.29, 0.717) is 17.5 Å². The fourth-order valence-electron chi connectivity index (χ4n) is 7.50. The number of hydrogen-bond donors (Lipinski definition) is 0. The second-order valence-corrected chi connectivity index (χ2v) is 13.5. The van der Waals surface area contributed by atoms with Gasteiger partial charge in [0.2, 0.25) is 0 Å². The summed E-state index contributed by atoms with van der Waals surface area (Å²) in [4.78, 5) is 23.0. The normalized spacial score (nSPS) is 11.3. The van der Waals surface area contributed by atoms with Gasteiger partial charge in [-0.2, -0.15) is 0 Å². The van der Waals surface area contributed by atoms with E-state index >= 15 is 0 Å².